The molecular weight excluding hydrogens is 606 g/mol. The fraction of sp³-hybridized carbons (Fsp3) is 0.355. The molecule has 41 heavy (non-hydrogen) atoms. The van der Waals surface area contributed by atoms with Gasteiger partial charge in [-0.1, -0.05) is 54.0 Å². The third kappa shape index (κ3) is 8.33. The lowest BCUT2D eigenvalue weighted by molar-refractivity contribution is -0.140. The highest BCUT2D eigenvalue weighted by Gasteiger charge is 2.33. The lowest BCUT2D eigenvalue weighted by Gasteiger charge is -2.33. The van der Waals surface area contributed by atoms with Gasteiger partial charge in [0.15, 0.2) is 0 Å². The third-order valence-corrected chi connectivity index (χ3v) is 8.97. The first-order chi connectivity index (χ1) is 19.6. The van der Waals surface area contributed by atoms with Gasteiger partial charge in [0, 0.05) is 17.6 Å². The van der Waals surface area contributed by atoms with E-state index < -0.39 is 28.5 Å². The van der Waals surface area contributed by atoms with E-state index in [4.69, 9.17) is 4.74 Å². The van der Waals surface area contributed by atoms with Gasteiger partial charge in [0.05, 0.1) is 17.2 Å². The van der Waals surface area contributed by atoms with Crippen LogP contribution in [0.2, 0.25) is 0 Å². The summed E-state index contributed by atoms with van der Waals surface area (Å²) in [5, 5.41) is 2.90. The van der Waals surface area contributed by atoms with Crippen molar-refractivity contribution in [3.63, 3.8) is 0 Å². The maximum atomic E-state index is 14.1. The number of hydrogen-bond acceptors (Lipinski definition) is 5. The van der Waals surface area contributed by atoms with E-state index in [2.05, 4.69) is 21.2 Å². The average molecular weight is 645 g/mol. The van der Waals surface area contributed by atoms with Gasteiger partial charge < -0.3 is 15.0 Å². The summed E-state index contributed by atoms with van der Waals surface area (Å²) in [7, 11) is -4.15. The molecule has 0 saturated carbocycles. The molecule has 3 aromatic carbocycles. The Bertz CT molecular complexity index is 1410. The maximum Gasteiger partial charge on any atom is 0.264 e. The van der Waals surface area contributed by atoms with Gasteiger partial charge in [0.2, 0.25) is 11.8 Å². The van der Waals surface area contributed by atoms with Crippen LogP contribution in [-0.2, 0) is 26.2 Å². The fourth-order valence-corrected chi connectivity index (χ4v) is 6.07. The first-order valence-electron chi connectivity index (χ1n) is 13.7. The molecule has 0 radical (unpaired) electrons. The number of rotatable bonds is 14. The summed E-state index contributed by atoms with van der Waals surface area (Å²) < 4.78 is 35.3. The van der Waals surface area contributed by atoms with E-state index in [0.717, 1.165) is 26.3 Å². The predicted molar refractivity (Wildman–Crippen MR) is 165 cm³/mol. The van der Waals surface area contributed by atoms with Crippen LogP contribution in [0.1, 0.15) is 44.7 Å². The Balaban J connectivity index is 2.06. The van der Waals surface area contributed by atoms with Crippen molar-refractivity contribution in [2.24, 2.45) is 0 Å². The van der Waals surface area contributed by atoms with E-state index in [0.29, 0.717) is 31.0 Å². The van der Waals surface area contributed by atoms with E-state index in [-0.39, 0.29) is 17.3 Å². The van der Waals surface area contributed by atoms with Crippen LogP contribution in [0.5, 0.6) is 5.75 Å². The van der Waals surface area contributed by atoms with E-state index in [1.807, 2.05) is 52.0 Å². The number of nitrogens with one attached hydrogen (secondary N) is 1. The molecule has 3 rings (SSSR count). The van der Waals surface area contributed by atoms with Crippen LogP contribution in [0.3, 0.4) is 0 Å². The molecule has 0 aliphatic rings. The van der Waals surface area contributed by atoms with Crippen LogP contribution in [-0.4, -0.2) is 50.9 Å². The lowest BCUT2D eigenvalue weighted by Crippen LogP contribution is -2.52. The minimum Gasteiger partial charge on any atom is -0.494 e. The molecular formula is C31H38BrN3O5S. The van der Waals surface area contributed by atoms with Gasteiger partial charge in [-0.2, -0.15) is 0 Å². The zero-order valence-electron chi connectivity index (χ0n) is 24.0. The molecule has 0 aliphatic carbocycles. The summed E-state index contributed by atoms with van der Waals surface area (Å²) in [6.45, 7) is 8.23. The normalized spacial score (nSPS) is 11.9. The first kappa shape index (κ1) is 32.1. The molecule has 0 saturated heterocycles. The zero-order chi connectivity index (χ0) is 30.0. The Morgan fingerprint density at radius 3 is 2.20 bits per heavy atom. The van der Waals surface area contributed by atoms with Gasteiger partial charge in [-0.25, -0.2) is 8.42 Å². The van der Waals surface area contributed by atoms with Crippen LogP contribution >= 0.6 is 15.9 Å². The minimum atomic E-state index is -4.15. The first-order valence-corrected chi connectivity index (χ1v) is 16.0. The molecule has 3 aromatic rings. The highest BCUT2D eigenvalue weighted by atomic mass is 79.9. The van der Waals surface area contributed by atoms with Crippen LogP contribution in [0.25, 0.3) is 0 Å². The molecule has 0 unspecified atom stereocenters. The molecule has 1 atom stereocenters. The second-order valence-corrected chi connectivity index (χ2v) is 12.3. The van der Waals surface area contributed by atoms with Gasteiger partial charge in [-0.3, -0.25) is 13.9 Å². The largest absolute Gasteiger partial charge is 0.494 e. The van der Waals surface area contributed by atoms with Crippen LogP contribution < -0.4 is 14.4 Å². The van der Waals surface area contributed by atoms with Gasteiger partial charge in [-0.15, -0.1) is 0 Å². The Kier molecular flexibility index (Phi) is 11.8. The fourth-order valence-electron chi connectivity index (χ4n) is 4.39. The number of carbonyl (C=O) groups is 2. The number of halogens is 1. The monoisotopic (exact) mass is 643 g/mol. The molecule has 0 aromatic heterocycles. The number of carbonyl (C=O) groups excluding carboxylic acids is 2. The Hall–Kier alpha value is -3.37. The van der Waals surface area contributed by atoms with E-state index in [9.17, 15) is 18.0 Å². The molecule has 220 valence electrons. The summed E-state index contributed by atoms with van der Waals surface area (Å²) in [5.74, 6) is -0.163. The molecule has 0 fully saturated rings. The predicted octanol–water partition coefficient (Wildman–Crippen LogP) is 5.69. The standard InChI is InChI=1S/C31H38BrN3O5S/c1-5-20-33-31(37)29(6-2)34(21-24-11-9-8-10-23(24)4)30(36)22-35(26-14-16-27(17-15-26)40-7-3)41(38,39)28-18-12-25(32)13-19-28/h8-19,29H,5-7,20-22H2,1-4H3,(H,33,37)/t29-/m0/s1. The number of hydrogen-bond donors (Lipinski definition) is 1. The Morgan fingerprint density at radius 2 is 1.61 bits per heavy atom. The lowest BCUT2D eigenvalue weighted by atomic mass is 10.1. The van der Waals surface area contributed by atoms with Crippen molar-refractivity contribution in [3.05, 3.63) is 88.4 Å². The van der Waals surface area contributed by atoms with Crippen molar-refractivity contribution in [1.29, 1.82) is 0 Å². The summed E-state index contributed by atoms with van der Waals surface area (Å²) in [6, 6.07) is 19.7. The van der Waals surface area contributed by atoms with Crippen LogP contribution in [0.15, 0.2) is 82.2 Å². The molecule has 10 heteroatoms. The van der Waals surface area contributed by atoms with Crippen LogP contribution in [0.4, 0.5) is 5.69 Å². The molecule has 2 amide bonds. The quantitative estimate of drug-likeness (QED) is 0.244. The number of anilines is 1. The third-order valence-electron chi connectivity index (χ3n) is 6.65. The van der Waals surface area contributed by atoms with Crippen molar-refractivity contribution in [3.8, 4) is 5.75 Å². The summed E-state index contributed by atoms with van der Waals surface area (Å²) in [6.07, 6.45) is 1.13. The number of nitrogens with zero attached hydrogens (tertiary/aromatic N) is 2. The van der Waals surface area contributed by atoms with E-state index >= 15 is 0 Å². The van der Waals surface area contributed by atoms with Crippen molar-refractivity contribution in [2.75, 3.05) is 24.0 Å². The molecule has 0 spiro atoms. The smallest absolute Gasteiger partial charge is 0.264 e. The van der Waals surface area contributed by atoms with E-state index in [1.165, 1.54) is 17.0 Å². The van der Waals surface area contributed by atoms with E-state index in [1.54, 1.807) is 36.4 Å². The second-order valence-electron chi connectivity index (χ2n) is 9.56. The average Bonchev–Trinajstić information content (AvgIpc) is 2.96. The second kappa shape index (κ2) is 15.0. The zero-order valence-corrected chi connectivity index (χ0v) is 26.4. The van der Waals surface area contributed by atoms with Crippen molar-refractivity contribution in [1.82, 2.24) is 10.2 Å². The van der Waals surface area contributed by atoms with Crippen LogP contribution in [0, 0.1) is 6.92 Å². The van der Waals surface area contributed by atoms with Gasteiger partial charge >= 0.3 is 0 Å². The van der Waals surface area contributed by atoms with Gasteiger partial charge in [-0.05, 0) is 86.3 Å². The topological polar surface area (TPSA) is 96.0 Å². The number of aryl methyl sites for hydroxylation is 1. The molecule has 0 heterocycles. The Labute approximate surface area is 251 Å². The molecule has 8 nitrogen and oxygen atoms in total. The van der Waals surface area contributed by atoms with Crippen molar-refractivity contribution < 1.29 is 22.7 Å². The number of sulfonamides is 1. The van der Waals surface area contributed by atoms with Gasteiger partial charge in [0.1, 0.15) is 18.3 Å². The summed E-state index contributed by atoms with van der Waals surface area (Å²) >= 11 is 3.35. The molecule has 0 bridgehead atoms. The van der Waals surface area contributed by atoms with Crippen molar-refractivity contribution in [2.45, 2.75) is 58.0 Å². The molecule has 1 N–H and O–H groups in total. The summed E-state index contributed by atoms with van der Waals surface area (Å²) in [4.78, 5) is 28.9. The number of benzene rings is 3. The number of amides is 2. The Morgan fingerprint density at radius 1 is 0.951 bits per heavy atom. The number of ether oxygens (including phenoxy) is 1. The highest BCUT2D eigenvalue weighted by Crippen LogP contribution is 2.28. The van der Waals surface area contributed by atoms with Crippen molar-refractivity contribution >= 4 is 43.5 Å². The van der Waals surface area contributed by atoms with Gasteiger partial charge in [0.25, 0.3) is 10.0 Å². The maximum absolute atomic E-state index is 14.1. The SMILES string of the molecule is CCCNC(=O)[C@H](CC)N(Cc1ccccc1C)C(=O)CN(c1ccc(OCC)cc1)S(=O)(=O)c1ccc(Br)cc1. The highest BCUT2D eigenvalue weighted by molar-refractivity contribution is 9.10. The summed E-state index contributed by atoms with van der Waals surface area (Å²) in [5.41, 5.74) is 2.16. The molecule has 0 aliphatic heterocycles. The minimum absolute atomic E-state index is 0.0422.